The summed E-state index contributed by atoms with van der Waals surface area (Å²) in [5, 5.41) is 9.99. The highest BCUT2D eigenvalue weighted by molar-refractivity contribution is 7.99. The molecule has 8 heteroatoms. The average Bonchev–Trinajstić information content (AvgIpc) is 3.50. The number of piperazine rings is 1. The first-order valence-electron chi connectivity index (χ1n) is 16.4. The van der Waals surface area contributed by atoms with E-state index in [0.29, 0.717) is 38.0 Å². The Labute approximate surface area is 281 Å². The zero-order valence-electron chi connectivity index (χ0n) is 27.1. The number of nitrogens with zero attached hydrogens (tertiary/aromatic N) is 5. The molecule has 0 spiro atoms. The summed E-state index contributed by atoms with van der Waals surface area (Å²) in [7, 11) is 0. The SMILES string of the molecule is Cc1ccc(-n2c(Cc3ccccc3)nnc2SCCCCC(=O)N2CCN(C(=O)c3ccc(-c4ccccc4)cc3)C(C)C2)cc1. The van der Waals surface area contributed by atoms with E-state index in [1.807, 2.05) is 77.4 Å². The number of aryl methyl sites for hydroxylation is 1. The van der Waals surface area contributed by atoms with Crippen LogP contribution in [-0.4, -0.2) is 67.8 Å². The lowest BCUT2D eigenvalue weighted by atomic mass is 10.0. The van der Waals surface area contributed by atoms with Crippen molar-refractivity contribution in [2.45, 2.75) is 50.7 Å². The number of unbranched alkanes of at least 4 members (excludes halogenated alkanes) is 1. The van der Waals surface area contributed by atoms with Gasteiger partial charge in [0.15, 0.2) is 5.16 Å². The van der Waals surface area contributed by atoms with Gasteiger partial charge in [0.25, 0.3) is 5.91 Å². The fourth-order valence-corrected chi connectivity index (χ4v) is 7.00. The van der Waals surface area contributed by atoms with Gasteiger partial charge in [-0.2, -0.15) is 0 Å². The third-order valence-electron chi connectivity index (χ3n) is 8.69. The van der Waals surface area contributed by atoms with Crippen LogP contribution in [-0.2, 0) is 11.2 Å². The van der Waals surface area contributed by atoms with Crippen molar-refractivity contribution in [2.75, 3.05) is 25.4 Å². The van der Waals surface area contributed by atoms with Crippen LogP contribution in [0.1, 0.15) is 53.5 Å². The summed E-state index contributed by atoms with van der Waals surface area (Å²) in [4.78, 5) is 30.3. The molecule has 240 valence electrons. The van der Waals surface area contributed by atoms with E-state index in [2.05, 4.69) is 70.2 Å². The summed E-state index contributed by atoms with van der Waals surface area (Å²) in [5.74, 6) is 1.94. The van der Waals surface area contributed by atoms with Crippen LogP contribution in [0.3, 0.4) is 0 Å². The number of carbonyl (C=O) groups is 2. The van der Waals surface area contributed by atoms with Crippen molar-refractivity contribution in [3.63, 3.8) is 0 Å². The van der Waals surface area contributed by atoms with Crippen LogP contribution >= 0.6 is 11.8 Å². The first-order valence-corrected chi connectivity index (χ1v) is 17.4. The van der Waals surface area contributed by atoms with Gasteiger partial charge in [-0.25, -0.2) is 0 Å². The molecule has 0 N–H and O–H groups in total. The van der Waals surface area contributed by atoms with Gasteiger partial charge in [-0.3, -0.25) is 14.2 Å². The van der Waals surface area contributed by atoms with Crippen molar-refractivity contribution in [2.24, 2.45) is 0 Å². The second-order valence-corrected chi connectivity index (χ2v) is 13.2. The molecule has 1 aliphatic rings. The van der Waals surface area contributed by atoms with Gasteiger partial charge in [-0.1, -0.05) is 102 Å². The summed E-state index contributed by atoms with van der Waals surface area (Å²) < 4.78 is 2.15. The van der Waals surface area contributed by atoms with Gasteiger partial charge in [0, 0.05) is 55.5 Å². The van der Waals surface area contributed by atoms with E-state index < -0.39 is 0 Å². The monoisotopic (exact) mass is 643 g/mol. The van der Waals surface area contributed by atoms with Gasteiger partial charge in [0.2, 0.25) is 5.91 Å². The Morgan fingerprint density at radius 3 is 2.17 bits per heavy atom. The molecule has 1 unspecified atom stereocenters. The van der Waals surface area contributed by atoms with Crippen LogP contribution in [0, 0.1) is 6.92 Å². The minimum absolute atomic E-state index is 0.0200. The first-order chi connectivity index (χ1) is 23.0. The van der Waals surface area contributed by atoms with E-state index in [0.717, 1.165) is 46.4 Å². The maximum Gasteiger partial charge on any atom is 0.254 e. The minimum atomic E-state index is -0.0391. The first kappa shape index (κ1) is 32.3. The molecule has 2 amide bonds. The van der Waals surface area contributed by atoms with Crippen LogP contribution in [0.25, 0.3) is 16.8 Å². The lowest BCUT2D eigenvalue weighted by Crippen LogP contribution is -2.55. The Hall–Kier alpha value is -4.69. The Bertz CT molecular complexity index is 1770. The molecule has 0 aliphatic carbocycles. The van der Waals surface area contributed by atoms with Crippen molar-refractivity contribution in [3.8, 4) is 16.8 Å². The van der Waals surface area contributed by atoms with E-state index in [9.17, 15) is 9.59 Å². The number of hydrogen-bond acceptors (Lipinski definition) is 5. The highest BCUT2D eigenvalue weighted by atomic mass is 32.2. The van der Waals surface area contributed by atoms with Gasteiger partial charge < -0.3 is 9.80 Å². The van der Waals surface area contributed by atoms with E-state index >= 15 is 0 Å². The number of amides is 2. The maximum atomic E-state index is 13.3. The Balaban J connectivity index is 0.981. The van der Waals surface area contributed by atoms with Crippen molar-refractivity contribution in [1.82, 2.24) is 24.6 Å². The van der Waals surface area contributed by atoms with Crippen molar-refractivity contribution in [1.29, 1.82) is 0 Å². The zero-order chi connectivity index (χ0) is 32.6. The molecule has 1 fully saturated rings. The third-order valence-corrected chi connectivity index (χ3v) is 9.71. The zero-order valence-corrected chi connectivity index (χ0v) is 27.9. The van der Waals surface area contributed by atoms with Crippen LogP contribution in [0.15, 0.2) is 114 Å². The number of rotatable bonds is 11. The maximum absolute atomic E-state index is 13.3. The molecule has 6 rings (SSSR count). The van der Waals surface area contributed by atoms with E-state index in [1.54, 1.807) is 11.8 Å². The summed E-state index contributed by atoms with van der Waals surface area (Å²) in [5.41, 5.74) is 6.36. The Morgan fingerprint density at radius 1 is 0.787 bits per heavy atom. The van der Waals surface area contributed by atoms with Crippen molar-refractivity contribution < 1.29 is 9.59 Å². The van der Waals surface area contributed by atoms with Gasteiger partial charge in [0.1, 0.15) is 5.82 Å². The van der Waals surface area contributed by atoms with Gasteiger partial charge in [-0.15, -0.1) is 10.2 Å². The van der Waals surface area contributed by atoms with Crippen LogP contribution in [0.4, 0.5) is 0 Å². The molecule has 47 heavy (non-hydrogen) atoms. The van der Waals surface area contributed by atoms with Crippen molar-refractivity contribution in [3.05, 3.63) is 132 Å². The summed E-state index contributed by atoms with van der Waals surface area (Å²) in [6.07, 6.45) is 2.92. The quantitative estimate of drug-likeness (QED) is 0.110. The molecule has 1 atom stereocenters. The molecule has 0 saturated carbocycles. The van der Waals surface area contributed by atoms with Gasteiger partial charge >= 0.3 is 0 Å². The summed E-state index contributed by atoms with van der Waals surface area (Å²) in [6, 6.07) is 36.7. The fraction of sp³-hybridized carbons (Fsp3) is 0.282. The molecule has 2 heterocycles. The van der Waals surface area contributed by atoms with Crippen LogP contribution in [0.2, 0.25) is 0 Å². The van der Waals surface area contributed by atoms with E-state index in [4.69, 9.17) is 0 Å². The van der Waals surface area contributed by atoms with Crippen LogP contribution < -0.4 is 0 Å². The topological polar surface area (TPSA) is 71.3 Å². The third kappa shape index (κ3) is 8.00. The summed E-state index contributed by atoms with van der Waals surface area (Å²) in [6.45, 7) is 5.79. The molecule has 0 bridgehead atoms. The number of benzene rings is 4. The van der Waals surface area contributed by atoms with Gasteiger partial charge in [0.05, 0.1) is 0 Å². The summed E-state index contributed by atoms with van der Waals surface area (Å²) >= 11 is 1.69. The number of aromatic nitrogens is 3. The molecular formula is C39H41N5O2S. The number of hydrogen-bond donors (Lipinski definition) is 0. The molecule has 5 aromatic rings. The lowest BCUT2D eigenvalue weighted by Gasteiger charge is -2.40. The van der Waals surface area contributed by atoms with Crippen LogP contribution in [0.5, 0.6) is 0 Å². The molecule has 4 aromatic carbocycles. The lowest BCUT2D eigenvalue weighted by molar-refractivity contribution is -0.133. The fourth-order valence-electron chi connectivity index (χ4n) is 6.03. The average molecular weight is 644 g/mol. The second-order valence-electron chi connectivity index (χ2n) is 12.2. The standard InChI is InChI=1S/C39H41N5O2S/c1-29-16-22-35(23-17-29)44-36(27-31-11-5-3-6-12-31)40-41-39(44)47-26-10-9-15-37(45)42-24-25-43(30(2)28-42)38(46)34-20-18-33(19-21-34)32-13-7-4-8-14-32/h3-8,11-14,16-23,30H,9-10,15,24-28H2,1-2H3. The predicted octanol–water partition coefficient (Wildman–Crippen LogP) is 7.47. The number of thioether (sulfide) groups is 1. The van der Waals surface area contributed by atoms with Gasteiger partial charge in [-0.05, 0) is 67.6 Å². The second kappa shape index (κ2) is 15.3. The number of carbonyl (C=O) groups excluding carboxylic acids is 2. The predicted molar refractivity (Wildman–Crippen MR) is 189 cm³/mol. The highest BCUT2D eigenvalue weighted by Crippen LogP contribution is 2.26. The molecule has 1 aliphatic heterocycles. The van der Waals surface area contributed by atoms with E-state index in [-0.39, 0.29) is 17.9 Å². The normalized spacial score (nSPS) is 14.7. The smallest absolute Gasteiger partial charge is 0.254 e. The Morgan fingerprint density at radius 2 is 1.47 bits per heavy atom. The van der Waals surface area contributed by atoms with Crippen molar-refractivity contribution >= 4 is 23.6 Å². The Kier molecular flexibility index (Phi) is 10.5. The molecule has 7 nitrogen and oxygen atoms in total. The molecule has 1 aromatic heterocycles. The molecule has 0 radical (unpaired) electrons. The molecule has 1 saturated heterocycles. The minimum Gasteiger partial charge on any atom is -0.339 e. The van der Waals surface area contributed by atoms with E-state index in [1.165, 1.54) is 11.1 Å². The molecular weight excluding hydrogens is 603 g/mol. The largest absolute Gasteiger partial charge is 0.339 e. The highest BCUT2D eigenvalue weighted by Gasteiger charge is 2.30.